The SMILES string of the molecule is NNC(=O)c1ccc2nc(I)[nH]c2c1. The number of amides is 1. The molecule has 14 heavy (non-hydrogen) atoms. The summed E-state index contributed by atoms with van der Waals surface area (Å²) >= 11 is 2.08. The zero-order valence-electron chi connectivity index (χ0n) is 7.04. The molecule has 1 amide bonds. The first-order valence-electron chi connectivity index (χ1n) is 3.87. The molecule has 4 N–H and O–H groups in total. The third kappa shape index (κ3) is 1.58. The number of hydrazine groups is 1. The molecule has 0 atom stereocenters. The van der Waals surface area contributed by atoms with E-state index in [0.717, 1.165) is 14.9 Å². The Morgan fingerprint density at radius 2 is 2.36 bits per heavy atom. The van der Waals surface area contributed by atoms with Gasteiger partial charge in [-0.2, -0.15) is 0 Å². The lowest BCUT2D eigenvalue weighted by molar-refractivity contribution is 0.0954. The van der Waals surface area contributed by atoms with Gasteiger partial charge in [-0.15, -0.1) is 0 Å². The molecular weight excluding hydrogens is 295 g/mol. The number of rotatable bonds is 1. The molecule has 1 aromatic heterocycles. The molecule has 0 bridgehead atoms. The molecule has 1 aromatic carbocycles. The Morgan fingerprint density at radius 1 is 1.57 bits per heavy atom. The summed E-state index contributed by atoms with van der Waals surface area (Å²) in [5, 5.41) is 0. The van der Waals surface area contributed by atoms with Gasteiger partial charge in [0.25, 0.3) is 5.91 Å². The molecule has 5 nitrogen and oxygen atoms in total. The Balaban J connectivity index is 2.55. The molecule has 0 spiro atoms. The van der Waals surface area contributed by atoms with Gasteiger partial charge in [-0.3, -0.25) is 10.2 Å². The van der Waals surface area contributed by atoms with Gasteiger partial charge in [0.15, 0.2) is 3.83 Å². The quantitative estimate of drug-likeness (QED) is 0.315. The van der Waals surface area contributed by atoms with E-state index in [-0.39, 0.29) is 5.91 Å². The van der Waals surface area contributed by atoms with Crippen LogP contribution in [0.3, 0.4) is 0 Å². The van der Waals surface area contributed by atoms with Gasteiger partial charge in [0.2, 0.25) is 0 Å². The largest absolute Gasteiger partial charge is 0.333 e. The van der Waals surface area contributed by atoms with Gasteiger partial charge in [-0.1, -0.05) is 0 Å². The lowest BCUT2D eigenvalue weighted by Crippen LogP contribution is -2.29. The summed E-state index contributed by atoms with van der Waals surface area (Å²) in [4.78, 5) is 18.4. The van der Waals surface area contributed by atoms with E-state index < -0.39 is 0 Å². The van der Waals surface area contributed by atoms with Gasteiger partial charge in [0.1, 0.15) is 0 Å². The molecule has 2 aromatic rings. The molecule has 72 valence electrons. The average molecular weight is 302 g/mol. The van der Waals surface area contributed by atoms with Crippen molar-refractivity contribution in [3.05, 3.63) is 27.6 Å². The van der Waals surface area contributed by atoms with Crippen molar-refractivity contribution in [2.24, 2.45) is 5.84 Å². The van der Waals surface area contributed by atoms with Crippen molar-refractivity contribution in [2.45, 2.75) is 0 Å². The van der Waals surface area contributed by atoms with Crippen LogP contribution in [0.2, 0.25) is 0 Å². The Labute approximate surface area is 93.2 Å². The number of nitrogen functional groups attached to an aromatic ring is 1. The number of carbonyl (C=O) groups excluding carboxylic acids is 1. The van der Waals surface area contributed by atoms with Crippen LogP contribution < -0.4 is 11.3 Å². The van der Waals surface area contributed by atoms with Crippen molar-refractivity contribution in [1.82, 2.24) is 15.4 Å². The van der Waals surface area contributed by atoms with Crippen molar-refractivity contribution in [3.63, 3.8) is 0 Å². The Hall–Kier alpha value is -1.15. The smallest absolute Gasteiger partial charge is 0.265 e. The predicted octanol–water partition coefficient (Wildman–Crippen LogP) is 0.771. The minimum Gasteiger partial charge on any atom is -0.333 e. The lowest BCUT2D eigenvalue weighted by Gasteiger charge is -1.97. The number of fused-ring (bicyclic) bond motifs is 1. The van der Waals surface area contributed by atoms with Crippen molar-refractivity contribution in [2.75, 3.05) is 0 Å². The molecule has 0 saturated heterocycles. The number of hydrogen-bond acceptors (Lipinski definition) is 3. The first kappa shape index (κ1) is 9.41. The van der Waals surface area contributed by atoms with Crippen molar-refractivity contribution in [1.29, 1.82) is 0 Å². The van der Waals surface area contributed by atoms with Gasteiger partial charge in [0.05, 0.1) is 11.0 Å². The van der Waals surface area contributed by atoms with Gasteiger partial charge >= 0.3 is 0 Å². The molecular formula is C8H7IN4O. The van der Waals surface area contributed by atoms with Gasteiger partial charge in [-0.05, 0) is 40.8 Å². The number of imidazole rings is 1. The van der Waals surface area contributed by atoms with Crippen LogP contribution in [0.1, 0.15) is 10.4 Å². The van der Waals surface area contributed by atoms with E-state index in [2.05, 4.69) is 38.0 Å². The molecule has 0 radical (unpaired) electrons. The molecule has 0 aliphatic rings. The van der Waals surface area contributed by atoms with Crippen LogP contribution in [0.15, 0.2) is 18.2 Å². The number of hydrogen-bond donors (Lipinski definition) is 3. The monoisotopic (exact) mass is 302 g/mol. The van der Waals surface area contributed by atoms with Crippen molar-refractivity contribution < 1.29 is 4.79 Å². The zero-order valence-corrected chi connectivity index (χ0v) is 9.20. The fraction of sp³-hybridized carbons (Fsp3) is 0. The summed E-state index contributed by atoms with van der Waals surface area (Å²) in [6, 6.07) is 5.17. The van der Waals surface area contributed by atoms with E-state index in [1.807, 2.05) is 0 Å². The van der Waals surface area contributed by atoms with Crippen LogP contribution in [0.25, 0.3) is 11.0 Å². The lowest BCUT2D eigenvalue weighted by atomic mass is 10.2. The molecule has 0 saturated carbocycles. The van der Waals surface area contributed by atoms with Crippen LogP contribution >= 0.6 is 22.6 Å². The number of aromatic amines is 1. The van der Waals surface area contributed by atoms with E-state index in [1.165, 1.54) is 0 Å². The number of nitrogens with one attached hydrogen (secondary N) is 2. The average Bonchev–Trinajstić information content (AvgIpc) is 2.55. The predicted molar refractivity (Wildman–Crippen MR) is 60.5 cm³/mol. The second kappa shape index (κ2) is 3.54. The maximum Gasteiger partial charge on any atom is 0.265 e. The summed E-state index contributed by atoms with van der Waals surface area (Å²) in [6.45, 7) is 0. The minimum absolute atomic E-state index is 0.309. The van der Waals surface area contributed by atoms with Gasteiger partial charge < -0.3 is 4.98 Å². The van der Waals surface area contributed by atoms with Crippen molar-refractivity contribution >= 4 is 39.5 Å². The molecule has 0 fully saturated rings. The molecule has 0 aliphatic carbocycles. The minimum atomic E-state index is -0.309. The molecule has 1 heterocycles. The van der Waals surface area contributed by atoms with Gasteiger partial charge in [-0.25, -0.2) is 10.8 Å². The number of nitrogens with zero attached hydrogens (tertiary/aromatic N) is 1. The fourth-order valence-electron chi connectivity index (χ4n) is 1.20. The standard InChI is InChI=1S/C8H7IN4O/c9-8-11-5-2-1-4(7(14)13-10)3-6(5)12-8/h1-3H,10H2,(H,11,12)(H,13,14). The highest BCUT2D eigenvalue weighted by Gasteiger charge is 2.06. The highest BCUT2D eigenvalue weighted by Crippen LogP contribution is 2.14. The number of H-pyrrole nitrogens is 1. The number of aromatic nitrogens is 2. The van der Waals surface area contributed by atoms with Crippen LogP contribution in [0, 0.1) is 3.83 Å². The summed E-state index contributed by atoms with van der Waals surface area (Å²) in [5.41, 5.74) is 4.26. The second-order valence-electron chi connectivity index (χ2n) is 2.73. The van der Waals surface area contributed by atoms with Crippen LogP contribution in [0.5, 0.6) is 0 Å². The first-order valence-corrected chi connectivity index (χ1v) is 4.95. The third-order valence-electron chi connectivity index (χ3n) is 1.85. The third-order valence-corrected chi connectivity index (χ3v) is 2.36. The van der Waals surface area contributed by atoms with Crippen LogP contribution in [0.4, 0.5) is 0 Å². The second-order valence-corrected chi connectivity index (χ2v) is 3.75. The van der Waals surface area contributed by atoms with Crippen molar-refractivity contribution in [3.8, 4) is 0 Å². The molecule has 6 heteroatoms. The van der Waals surface area contributed by atoms with E-state index in [4.69, 9.17) is 5.84 Å². The Kier molecular flexibility index (Phi) is 2.38. The summed E-state index contributed by atoms with van der Waals surface area (Å²) in [6.07, 6.45) is 0. The maximum absolute atomic E-state index is 11.2. The number of carbonyl (C=O) groups is 1. The van der Waals surface area contributed by atoms with Gasteiger partial charge in [0, 0.05) is 5.56 Å². The van der Waals surface area contributed by atoms with Crippen LogP contribution in [-0.2, 0) is 0 Å². The fourth-order valence-corrected chi connectivity index (χ4v) is 1.75. The van der Waals surface area contributed by atoms with E-state index in [9.17, 15) is 4.79 Å². The Bertz CT molecular complexity index is 493. The topological polar surface area (TPSA) is 83.8 Å². The number of halogens is 1. The first-order chi connectivity index (χ1) is 6.70. The summed E-state index contributed by atoms with van der Waals surface area (Å²) < 4.78 is 0.794. The van der Waals surface area contributed by atoms with E-state index in [1.54, 1.807) is 18.2 Å². The molecule has 2 rings (SSSR count). The highest BCUT2D eigenvalue weighted by molar-refractivity contribution is 14.1. The molecule has 0 aliphatic heterocycles. The maximum atomic E-state index is 11.2. The van der Waals surface area contributed by atoms with Crippen LogP contribution in [-0.4, -0.2) is 15.9 Å². The van der Waals surface area contributed by atoms with E-state index >= 15 is 0 Å². The normalized spacial score (nSPS) is 10.4. The molecule has 0 unspecified atom stereocenters. The summed E-state index contributed by atoms with van der Waals surface area (Å²) in [7, 11) is 0. The highest BCUT2D eigenvalue weighted by atomic mass is 127. The Morgan fingerprint density at radius 3 is 3.07 bits per heavy atom. The zero-order chi connectivity index (χ0) is 10.1. The summed E-state index contributed by atoms with van der Waals surface area (Å²) in [5.74, 6) is 4.72. The number of benzene rings is 1. The number of nitrogens with two attached hydrogens (primary N) is 1. The van der Waals surface area contributed by atoms with E-state index in [0.29, 0.717) is 5.56 Å².